The van der Waals surface area contributed by atoms with Crippen LogP contribution in [-0.4, -0.2) is 50.0 Å². The van der Waals surface area contributed by atoms with Gasteiger partial charge >= 0.3 is 0 Å². The lowest BCUT2D eigenvalue weighted by Crippen LogP contribution is -2.29. The molecule has 0 aromatic heterocycles. The fourth-order valence-corrected chi connectivity index (χ4v) is 4.79. The molecule has 9 heteroatoms. The monoisotopic (exact) mass is 513 g/mol. The minimum atomic E-state index is -0.915. The summed E-state index contributed by atoms with van der Waals surface area (Å²) < 4.78 is 11.1. The predicted molar refractivity (Wildman–Crippen MR) is 144 cm³/mol. The number of carbonyl (C=O) groups excluding carboxylic acids is 3. The Morgan fingerprint density at radius 3 is 2.55 bits per heavy atom. The minimum Gasteiger partial charge on any atom is -0.507 e. The van der Waals surface area contributed by atoms with Crippen LogP contribution in [0.1, 0.15) is 24.1 Å². The highest BCUT2D eigenvalue weighted by Crippen LogP contribution is 2.44. The minimum absolute atomic E-state index is 0.0338. The van der Waals surface area contributed by atoms with Crippen LogP contribution in [0.15, 0.2) is 72.3 Å². The molecule has 9 nitrogen and oxygen atoms in total. The summed E-state index contributed by atoms with van der Waals surface area (Å²) in [7, 11) is 3.45. The van der Waals surface area contributed by atoms with E-state index >= 15 is 0 Å². The van der Waals surface area contributed by atoms with Gasteiger partial charge in [-0.2, -0.15) is 0 Å². The first-order chi connectivity index (χ1) is 18.3. The third-order valence-electron chi connectivity index (χ3n) is 6.65. The third-order valence-corrected chi connectivity index (χ3v) is 6.65. The molecule has 1 atom stereocenters. The molecule has 3 aromatic carbocycles. The second kappa shape index (κ2) is 9.93. The van der Waals surface area contributed by atoms with Crippen LogP contribution in [0.4, 0.5) is 17.1 Å². The van der Waals surface area contributed by atoms with E-state index in [-0.39, 0.29) is 17.2 Å². The van der Waals surface area contributed by atoms with Crippen LogP contribution in [0.2, 0.25) is 0 Å². The van der Waals surface area contributed by atoms with E-state index in [1.165, 1.54) is 18.9 Å². The van der Waals surface area contributed by atoms with Gasteiger partial charge in [0.25, 0.3) is 11.7 Å². The molecule has 38 heavy (non-hydrogen) atoms. The summed E-state index contributed by atoms with van der Waals surface area (Å²) in [5, 5.41) is 14.2. The molecule has 2 aliphatic rings. The Morgan fingerprint density at radius 2 is 1.84 bits per heavy atom. The molecule has 5 rings (SSSR count). The molecule has 1 fully saturated rings. The zero-order valence-corrected chi connectivity index (χ0v) is 21.2. The zero-order valence-electron chi connectivity index (χ0n) is 21.2. The summed E-state index contributed by atoms with van der Waals surface area (Å²) in [6, 6.07) is 17.9. The summed E-state index contributed by atoms with van der Waals surface area (Å²) in [6.45, 7) is 2.64. The molecule has 2 aliphatic heterocycles. The smallest absolute Gasteiger partial charge is 0.300 e. The number of nitrogens with one attached hydrogen (secondary N) is 1. The van der Waals surface area contributed by atoms with E-state index in [4.69, 9.17) is 9.47 Å². The van der Waals surface area contributed by atoms with Crippen LogP contribution < -0.4 is 24.6 Å². The number of amides is 2. The van der Waals surface area contributed by atoms with E-state index in [2.05, 4.69) is 5.32 Å². The molecular weight excluding hydrogens is 486 g/mol. The Hall–Kier alpha value is -4.79. The molecule has 194 valence electrons. The molecular formula is C29H27N3O6. The number of ketones is 1. The molecule has 0 aliphatic carbocycles. The van der Waals surface area contributed by atoms with Gasteiger partial charge in [0.1, 0.15) is 23.9 Å². The Morgan fingerprint density at radius 1 is 1.08 bits per heavy atom. The van der Waals surface area contributed by atoms with Crippen molar-refractivity contribution in [2.45, 2.75) is 13.0 Å². The lowest BCUT2D eigenvalue weighted by Gasteiger charge is -2.28. The number of aliphatic hydroxyl groups is 1. The number of ether oxygens (including phenoxy) is 2. The predicted octanol–water partition coefficient (Wildman–Crippen LogP) is 4.11. The molecule has 2 amide bonds. The molecule has 0 saturated carbocycles. The Kier molecular flexibility index (Phi) is 6.50. The van der Waals surface area contributed by atoms with E-state index < -0.39 is 17.7 Å². The Labute approximate surface area is 219 Å². The third kappa shape index (κ3) is 4.43. The molecule has 0 radical (unpaired) electrons. The summed E-state index contributed by atoms with van der Waals surface area (Å²) in [5.74, 6) is -0.861. The maximum Gasteiger partial charge on any atom is 0.300 e. The first kappa shape index (κ1) is 24.9. The quantitative estimate of drug-likeness (QED) is 0.300. The van der Waals surface area contributed by atoms with Gasteiger partial charge in [0.2, 0.25) is 5.91 Å². The molecule has 1 unspecified atom stereocenters. The Balaban J connectivity index is 1.66. The molecule has 0 spiro atoms. The summed E-state index contributed by atoms with van der Waals surface area (Å²) in [6.07, 6.45) is 0. The van der Waals surface area contributed by atoms with Crippen molar-refractivity contribution >= 4 is 40.4 Å². The van der Waals surface area contributed by atoms with Crippen molar-refractivity contribution in [3.8, 4) is 11.5 Å². The number of likely N-dealkylation sites (N-methyl/N-ethyl adjacent to an activating group) is 1. The number of carbonyl (C=O) groups is 3. The standard InChI is InChI=1S/C29H27N3O6/c1-17(33)30-20-8-10-21(11-9-20)32-26(18-5-4-6-22(15-18)37-3)25(28(35)29(32)36)27(34)19-7-12-24-23(16-19)31(2)13-14-38-24/h4-12,15-16,26,34H,13-14H2,1-3H3,(H,30,33)/b27-25-. The van der Waals surface area contributed by atoms with E-state index in [0.29, 0.717) is 47.2 Å². The highest BCUT2D eigenvalue weighted by Gasteiger charge is 2.47. The number of nitrogens with zero attached hydrogens (tertiary/aromatic N) is 2. The van der Waals surface area contributed by atoms with Gasteiger partial charge < -0.3 is 24.8 Å². The highest BCUT2D eigenvalue weighted by atomic mass is 16.5. The fourth-order valence-electron chi connectivity index (χ4n) is 4.79. The number of Topliss-reactive ketones (excluding diaryl/α,β-unsaturated/α-hetero) is 1. The van der Waals surface area contributed by atoms with Crippen molar-refractivity contribution in [2.24, 2.45) is 0 Å². The van der Waals surface area contributed by atoms with Crippen molar-refractivity contribution < 1.29 is 29.0 Å². The van der Waals surface area contributed by atoms with Gasteiger partial charge in [-0.1, -0.05) is 12.1 Å². The van der Waals surface area contributed by atoms with Gasteiger partial charge in [0, 0.05) is 30.9 Å². The molecule has 2 heterocycles. The maximum atomic E-state index is 13.5. The number of anilines is 3. The lowest BCUT2D eigenvalue weighted by atomic mass is 9.94. The maximum absolute atomic E-state index is 13.5. The van der Waals surface area contributed by atoms with Crippen LogP contribution in [0.5, 0.6) is 11.5 Å². The van der Waals surface area contributed by atoms with Crippen molar-refractivity contribution in [2.75, 3.05) is 42.4 Å². The van der Waals surface area contributed by atoms with E-state index in [1.807, 2.05) is 11.9 Å². The normalized spacial score (nSPS) is 18.1. The molecule has 1 saturated heterocycles. The molecule has 2 N–H and O–H groups in total. The van der Waals surface area contributed by atoms with Crippen LogP contribution in [-0.2, 0) is 14.4 Å². The first-order valence-electron chi connectivity index (χ1n) is 12.1. The highest BCUT2D eigenvalue weighted by molar-refractivity contribution is 6.51. The van der Waals surface area contributed by atoms with Gasteiger partial charge in [0.05, 0.1) is 31.0 Å². The number of fused-ring (bicyclic) bond motifs is 1. The average Bonchev–Trinajstić information content (AvgIpc) is 3.18. The number of hydrogen-bond donors (Lipinski definition) is 2. The van der Waals surface area contributed by atoms with Crippen LogP contribution in [0.3, 0.4) is 0 Å². The summed E-state index contributed by atoms with van der Waals surface area (Å²) in [5.41, 5.74) is 2.72. The van der Waals surface area contributed by atoms with Gasteiger partial charge in [0.15, 0.2) is 0 Å². The van der Waals surface area contributed by atoms with Crippen LogP contribution >= 0.6 is 0 Å². The SMILES string of the molecule is COc1cccc(C2/C(=C(/O)c3ccc4c(c3)N(C)CCO4)C(=O)C(=O)N2c2ccc(NC(C)=O)cc2)c1. The van der Waals surface area contributed by atoms with Gasteiger partial charge in [-0.25, -0.2) is 0 Å². The number of methoxy groups -OCH3 is 1. The van der Waals surface area contributed by atoms with Crippen molar-refractivity contribution in [3.05, 3.63) is 83.4 Å². The lowest BCUT2D eigenvalue weighted by molar-refractivity contribution is -0.132. The van der Waals surface area contributed by atoms with Crippen molar-refractivity contribution in [1.29, 1.82) is 0 Å². The number of rotatable bonds is 5. The van der Waals surface area contributed by atoms with E-state index in [0.717, 1.165) is 5.69 Å². The summed E-state index contributed by atoms with van der Waals surface area (Å²) >= 11 is 0. The molecule has 3 aromatic rings. The molecule has 0 bridgehead atoms. The van der Waals surface area contributed by atoms with E-state index in [1.54, 1.807) is 66.7 Å². The average molecular weight is 514 g/mol. The second-order valence-electron chi connectivity index (χ2n) is 9.13. The second-order valence-corrected chi connectivity index (χ2v) is 9.13. The van der Waals surface area contributed by atoms with Crippen molar-refractivity contribution in [1.82, 2.24) is 0 Å². The van der Waals surface area contributed by atoms with Crippen molar-refractivity contribution in [3.63, 3.8) is 0 Å². The van der Waals surface area contributed by atoms with Gasteiger partial charge in [-0.15, -0.1) is 0 Å². The largest absolute Gasteiger partial charge is 0.507 e. The zero-order chi connectivity index (χ0) is 27.0. The van der Waals surface area contributed by atoms with Gasteiger partial charge in [-0.3, -0.25) is 19.3 Å². The topological polar surface area (TPSA) is 108 Å². The Bertz CT molecular complexity index is 1460. The summed E-state index contributed by atoms with van der Waals surface area (Å²) in [4.78, 5) is 41.7. The van der Waals surface area contributed by atoms with Gasteiger partial charge in [-0.05, 0) is 60.2 Å². The number of hydrogen-bond acceptors (Lipinski definition) is 7. The van der Waals surface area contributed by atoms with E-state index in [9.17, 15) is 19.5 Å². The van der Waals surface area contributed by atoms with Crippen LogP contribution in [0, 0.1) is 0 Å². The fraction of sp³-hybridized carbons (Fsp3) is 0.207. The van der Waals surface area contributed by atoms with Crippen LogP contribution in [0.25, 0.3) is 5.76 Å². The first-order valence-corrected chi connectivity index (χ1v) is 12.1. The number of benzene rings is 3. The number of aliphatic hydroxyl groups excluding tert-OH is 1.